The molecule has 20 heavy (non-hydrogen) atoms. The molecule has 0 aliphatic rings. The molecule has 0 amide bonds. The van der Waals surface area contributed by atoms with Crippen molar-refractivity contribution in [2.75, 3.05) is 7.11 Å². The van der Waals surface area contributed by atoms with Gasteiger partial charge in [-0.05, 0) is 24.6 Å². The molecule has 0 saturated carbocycles. The molecule has 0 radical (unpaired) electrons. The molecule has 0 heterocycles. The first-order chi connectivity index (χ1) is 9.60. The van der Waals surface area contributed by atoms with Crippen molar-refractivity contribution >= 4 is 0 Å². The van der Waals surface area contributed by atoms with Crippen LogP contribution in [-0.4, -0.2) is 7.11 Å². The summed E-state index contributed by atoms with van der Waals surface area (Å²) < 4.78 is 33.5. The van der Waals surface area contributed by atoms with Gasteiger partial charge in [0.25, 0.3) is 0 Å². The van der Waals surface area contributed by atoms with E-state index in [4.69, 9.17) is 10.6 Å². The minimum atomic E-state index is -0.828. The van der Waals surface area contributed by atoms with Crippen LogP contribution in [0.3, 0.4) is 0 Å². The highest BCUT2D eigenvalue weighted by atomic mass is 19.1. The molecule has 0 bridgehead atoms. The van der Waals surface area contributed by atoms with E-state index in [0.29, 0.717) is 16.9 Å². The molecule has 0 spiro atoms. The molecule has 2 aromatic carbocycles. The van der Waals surface area contributed by atoms with Crippen LogP contribution in [0.2, 0.25) is 0 Å². The van der Waals surface area contributed by atoms with Gasteiger partial charge in [0, 0.05) is 11.1 Å². The molecule has 2 aromatic rings. The first kappa shape index (κ1) is 14.4. The van der Waals surface area contributed by atoms with E-state index < -0.39 is 17.7 Å². The minimum Gasteiger partial charge on any atom is -0.496 e. The van der Waals surface area contributed by atoms with Crippen molar-refractivity contribution in [1.29, 1.82) is 0 Å². The van der Waals surface area contributed by atoms with E-state index in [2.05, 4.69) is 5.43 Å². The van der Waals surface area contributed by atoms with E-state index in [1.54, 1.807) is 31.2 Å². The summed E-state index contributed by atoms with van der Waals surface area (Å²) in [4.78, 5) is 0. The van der Waals surface area contributed by atoms with Gasteiger partial charge in [-0.1, -0.05) is 24.3 Å². The van der Waals surface area contributed by atoms with E-state index in [1.807, 2.05) is 0 Å². The van der Waals surface area contributed by atoms with Gasteiger partial charge in [0.1, 0.15) is 17.4 Å². The zero-order valence-corrected chi connectivity index (χ0v) is 11.3. The molecule has 1 unspecified atom stereocenters. The van der Waals surface area contributed by atoms with Crippen molar-refractivity contribution in [3.8, 4) is 5.75 Å². The fourth-order valence-electron chi connectivity index (χ4n) is 2.18. The first-order valence-electron chi connectivity index (χ1n) is 6.13. The first-order valence-corrected chi connectivity index (χ1v) is 6.13. The van der Waals surface area contributed by atoms with Crippen LogP contribution in [-0.2, 0) is 0 Å². The molecular weight excluding hydrogens is 262 g/mol. The Morgan fingerprint density at radius 2 is 1.85 bits per heavy atom. The molecule has 0 aromatic heterocycles. The van der Waals surface area contributed by atoms with E-state index in [9.17, 15) is 8.78 Å². The summed E-state index contributed by atoms with van der Waals surface area (Å²) in [5.41, 5.74) is 3.27. The van der Waals surface area contributed by atoms with Gasteiger partial charge in [-0.2, -0.15) is 0 Å². The summed E-state index contributed by atoms with van der Waals surface area (Å²) >= 11 is 0. The van der Waals surface area contributed by atoms with E-state index in [1.165, 1.54) is 19.2 Å². The van der Waals surface area contributed by atoms with Gasteiger partial charge in [-0.15, -0.1) is 0 Å². The lowest BCUT2D eigenvalue weighted by atomic mass is 9.96. The number of ether oxygens (including phenoxy) is 1. The van der Waals surface area contributed by atoms with Gasteiger partial charge in [0.2, 0.25) is 0 Å². The van der Waals surface area contributed by atoms with Gasteiger partial charge < -0.3 is 4.74 Å². The van der Waals surface area contributed by atoms with Gasteiger partial charge >= 0.3 is 0 Å². The number of halogens is 2. The van der Waals surface area contributed by atoms with E-state index in [-0.39, 0.29) is 5.56 Å². The van der Waals surface area contributed by atoms with Crippen LogP contribution in [0.15, 0.2) is 36.4 Å². The Kier molecular flexibility index (Phi) is 4.32. The zero-order valence-electron chi connectivity index (χ0n) is 11.3. The molecule has 2 rings (SSSR count). The second-order valence-electron chi connectivity index (χ2n) is 4.43. The summed E-state index contributed by atoms with van der Waals surface area (Å²) in [6, 6.07) is 8.76. The lowest BCUT2D eigenvalue weighted by Gasteiger charge is -2.21. The molecule has 3 N–H and O–H groups in total. The summed E-state index contributed by atoms with van der Waals surface area (Å²) in [6.07, 6.45) is 0. The van der Waals surface area contributed by atoms with Crippen LogP contribution >= 0.6 is 0 Å². The average molecular weight is 278 g/mol. The summed E-state index contributed by atoms with van der Waals surface area (Å²) in [5, 5.41) is 0. The minimum absolute atomic E-state index is 0.114. The fraction of sp³-hybridized carbons (Fsp3) is 0.200. The van der Waals surface area contributed by atoms with Crippen molar-refractivity contribution in [1.82, 2.24) is 5.43 Å². The zero-order chi connectivity index (χ0) is 14.7. The standard InChI is InChI=1S/C15H16F2N2O/c1-9-7-8-11(16)13(14(9)17)15(19-18)10-5-3-4-6-12(10)20-2/h3-8,15,19H,18H2,1-2H3. The van der Waals surface area contributed by atoms with Gasteiger partial charge in [0.05, 0.1) is 13.2 Å². The van der Waals surface area contributed by atoms with Crippen LogP contribution in [0, 0.1) is 18.6 Å². The van der Waals surface area contributed by atoms with Crippen molar-refractivity contribution in [3.63, 3.8) is 0 Å². The van der Waals surface area contributed by atoms with Crippen molar-refractivity contribution in [2.45, 2.75) is 13.0 Å². The third-order valence-electron chi connectivity index (χ3n) is 3.22. The average Bonchev–Trinajstić information content (AvgIpc) is 2.47. The largest absolute Gasteiger partial charge is 0.496 e. The number of benzene rings is 2. The number of nitrogens with one attached hydrogen (secondary N) is 1. The summed E-state index contributed by atoms with van der Waals surface area (Å²) in [6.45, 7) is 1.58. The summed E-state index contributed by atoms with van der Waals surface area (Å²) in [7, 11) is 1.50. The maximum atomic E-state index is 14.2. The topological polar surface area (TPSA) is 47.3 Å². The number of hydrogen-bond donors (Lipinski definition) is 2. The molecule has 0 aliphatic heterocycles. The Bertz CT molecular complexity index is 617. The van der Waals surface area contributed by atoms with Gasteiger partial charge in [0.15, 0.2) is 0 Å². The molecule has 5 heteroatoms. The van der Waals surface area contributed by atoms with E-state index in [0.717, 1.165) is 0 Å². The second-order valence-corrected chi connectivity index (χ2v) is 4.43. The van der Waals surface area contributed by atoms with Crippen LogP contribution < -0.4 is 16.0 Å². The van der Waals surface area contributed by atoms with Crippen molar-refractivity contribution in [3.05, 3.63) is 64.7 Å². The second kappa shape index (κ2) is 5.98. The molecule has 0 aliphatic carbocycles. The predicted octanol–water partition coefficient (Wildman–Crippen LogP) is 2.83. The Morgan fingerprint density at radius 3 is 2.50 bits per heavy atom. The quantitative estimate of drug-likeness (QED) is 0.668. The number of para-hydroxylation sites is 1. The van der Waals surface area contributed by atoms with Crippen LogP contribution in [0.1, 0.15) is 22.7 Å². The molecule has 3 nitrogen and oxygen atoms in total. The van der Waals surface area contributed by atoms with Crippen LogP contribution in [0.4, 0.5) is 8.78 Å². The third kappa shape index (κ3) is 2.50. The van der Waals surface area contributed by atoms with Gasteiger partial charge in [-0.25, -0.2) is 14.2 Å². The normalized spacial score (nSPS) is 12.2. The SMILES string of the molecule is COc1ccccc1C(NN)c1c(F)ccc(C)c1F. The maximum absolute atomic E-state index is 14.2. The Balaban J connectivity index is 2.62. The number of hydrogen-bond acceptors (Lipinski definition) is 3. The highest BCUT2D eigenvalue weighted by Gasteiger charge is 2.24. The maximum Gasteiger partial charge on any atom is 0.134 e. The van der Waals surface area contributed by atoms with Crippen molar-refractivity contribution < 1.29 is 13.5 Å². The molecule has 106 valence electrons. The lowest BCUT2D eigenvalue weighted by molar-refractivity contribution is 0.401. The van der Waals surface area contributed by atoms with E-state index >= 15 is 0 Å². The summed E-state index contributed by atoms with van der Waals surface area (Å²) in [5.74, 6) is 4.76. The highest BCUT2D eigenvalue weighted by Crippen LogP contribution is 2.32. The Morgan fingerprint density at radius 1 is 1.15 bits per heavy atom. The molecular formula is C15H16F2N2O. The molecule has 0 saturated heterocycles. The number of aryl methyl sites for hydroxylation is 1. The van der Waals surface area contributed by atoms with Crippen molar-refractivity contribution in [2.24, 2.45) is 5.84 Å². The number of hydrazine groups is 1. The smallest absolute Gasteiger partial charge is 0.134 e. The number of rotatable bonds is 4. The Labute approximate surface area is 116 Å². The predicted molar refractivity (Wildman–Crippen MR) is 73.3 cm³/mol. The van der Waals surface area contributed by atoms with Gasteiger partial charge in [-0.3, -0.25) is 5.84 Å². The fourth-order valence-corrected chi connectivity index (χ4v) is 2.18. The Hall–Kier alpha value is -1.98. The molecule has 1 atom stereocenters. The monoisotopic (exact) mass is 278 g/mol. The highest BCUT2D eigenvalue weighted by molar-refractivity contribution is 5.43. The number of nitrogens with two attached hydrogens (primary N) is 1. The molecule has 0 fully saturated rings. The van der Waals surface area contributed by atoms with Crippen LogP contribution in [0.25, 0.3) is 0 Å². The van der Waals surface area contributed by atoms with Crippen LogP contribution in [0.5, 0.6) is 5.75 Å². The third-order valence-corrected chi connectivity index (χ3v) is 3.22. The lowest BCUT2D eigenvalue weighted by Crippen LogP contribution is -2.30. The number of methoxy groups -OCH3 is 1.